The number of nitrogen functional groups attached to an aromatic ring is 1. The van der Waals surface area contributed by atoms with Crippen LogP contribution in [0.5, 0.6) is 0 Å². The van der Waals surface area contributed by atoms with E-state index in [2.05, 4.69) is 9.97 Å². The van der Waals surface area contributed by atoms with Gasteiger partial charge in [-0.1, -0.05) is 11.6 Å². The molecule has 0 bridgehead atoms. The Kier molecular flexibility index (Phi) is 3.47. The molecular formula is C11H11ClN4O2. The van der Waals surface area contributed by atoms with Crippen LogP contribution in [0.1, 0.15) is 17.4 Å². The summed E-state index contributed by atoms with van der Waals surface area (Å²) in [6, 6.07) is 3.35. The van der Waals surface area contributed by atoms with Crippen molar-refractivity contribution < 1.29 is 9.53 Å². The molecule has 0 unspecified atom stereocenters. The van der Waals surface area contributed by atoms with E-state index >= 15 is 0 Å². The lowest BCUT2D eigenvalue weighted by Gasteiger charge is -2.04. The summed E-state index contributed by atoms with van der Waals surface area (Å²) >= 11 is 5.74. The highest BCUT2D eigenvalue weighted by Crippen LogP contribution is 2.17. The van der Waals surface area contributed by atoms with E-state index in [0.29, 0.717) is 10.8 Å². The Labute approximate surface area is 108 Å². The minimum Gasteiger partial charge on any atom is -0.461 e. The zero-order valence-electron chi connectivity index (χ0n) is 9.63. The lowest BCUT2D eigenvalue weighted by molar-refractivity contribution is 0.0521. The van der Waals surface area contributed by atoms with E-state index in [-0.39, 0.29) is 18.1 Å². The fraction of sp³-hybridized carbons (Fsp3) is 0.182. The number of ether oxygens (including phenoxy) is 1. The zero-order chi connectivity index (χ0) is 13.1. The van der Waals surface area contributed by atoms with Gasteiger partial charge in [-0.2, -0.15) is 0 Å². The van der Waals surface area contributed by atoms with E-state index in [9.17, 15) is 4.79 Å². The summed E-state index contributed by atoms with van der Waals surface area (Å²) in [6.45, 7) is 1.98. The van der Waals surface area contributed by atoms with Crippen molar-refractivity contribution in [3.05, 3.63) is 35.4 Å². The van der Waals surface area contributed by atoms with Crippen LogP contribution in [-0.4, -0.2) is 27.1 Å². The Hall–Kier alpha value is -2.08. The number of aromatic nitrogens is 3. The number of hydrogen-bond acceptors (Lipinski definition) is 5. The molecule has 0 saturated heterocycles. The second-order valence-corrected chi connectivity index (χ2v) is 3.84. The largest absolute Gasteiger partial charge is 0.461 e. The van der Waals surface area contributed by atoms with Crippen LogP contribution in [0.25, 0.3) is 5.82 Å². The fourth-order valence-corrected chi connectivity index (χ4v) is 1.52. The first-order chi connectivity index (χ1) is 8.63. The summed E-state index contributed by atoms with van der Waals surface area (Å²) in [5.74, 6) is 0.158. The van der Waals surface area contributed by atoms with Crippen LogP contribution < -0.4 is 5.73 Å². The Morgan fingerprint density at radius 1 is 1.50 bits per heavy atom. The predicted molar refractivity (Wildman–Crippen MR) is 66.7 cm³/mol. The number of halogens is 1. The fourth-order valence-electron chi connectivity index (χ4n) is 1.41. The van der Waals surface area contributed by atoms with E-state index in [0.717, 1.165) is 0 Å². The van der Waals surface area contributed by atoms with Gasteiger partial charge in [0.05, 0.1) is 11.6 Å². The van der Waals surface area contributed by atoms with Crippen molar-refractivity contribution >= 4 is 23.4 Å². The van der Waals surface area contributed by atoms with Crippen molar-refractivity contribution in [1.82, 2.24) is 14.5 Å². The molecule has 18 heavy (non-hydrogen) atoms. The second kappa shape index (κ2) is 5.05. The van der Waals surface area contributed by atoms with Crippen molar-refractivity contribution in [2.45, 2.75) is 6.92 Å². The molecule has 2 heterocycles. The van der Waals surface area contributed by atoms with E-state index in [1.54, 1.807) is 19.1 Å². The quantitative estimate of drug-likeness (QED) is 0.855. The summed E-state index contributed by atoms with van der Waals surface area (Å²) in [5, 5.41) is 0.517. The number of esters is 1. The Bertz CT molecular complexity index is 565. The molecule has 2 aromatic heterocycles. The summed E-state index contributed by atoms with van der Waals surface area (Å²) < 4.78 is 6.33. The number of nitrogens with two attached hydrogens (primary N) is 1. The Morgan fingerprint density at radius 2 is 2.28 bits per heavy atom. The highest BCUT2D eigenvalue weighted by Gasteiger charge is 2.17. The van der Waals surface area contributed by atoms with E-state index in [4.69, 9.17) is 22.1 Å². The number of imidazole rings is 1. The molecule has 0 fully saturated rings. The molecule has 7 heteroatoms. The third-order valence-corrected chi connectivity index (χ3v) is 2.46. The van der Waals surface area contributed by atoms with Crippen LogP contribution in [0.15, 0.2) is 24.7 Å². The van der Waals surface area contributed by atoms with Gasteiger partial charge in [0.25, 0.3) is 0 Å². The number of carbonyl (C=O) groups is 1. The van der Waals surface area contributed by atoms with Gasteiger partial charge in [0.15, 0.2) is 5.69 Å². The van der Waals surface area contributed by atoms with Crippen molar-refractivity contribution in [3.63, 3.8) is 0 Å². The average molecular weight is 267 g/mol. The topological polar surface area (TPSA) is 83.0 Å². The average Bonchev–Trinajstić information content (AvgIpc) is 2.73. The zero-order valence-corrected chi connectivity index (χ0v) is 10.4. The highest BCUT2D eigenvalue weighted by atomic mass is 35.5. The second-order valence-electron chi connectivity index (χ2n) is 3.40. The maximum atomic E-state index is 11.5. The van der Waals surface area contributed by atoms with Crippen LogP contribution in [-0.2, 0) is 4.74 Å². The van der Waals surface area contributed by atoms with E-state index in [1.165, 1.54) is 17.1 Å². The number of carbonyl (C=O) groups excluding carboxylic acids is 1. The molecule has 94 valence electrons. The maximum Gasteiger partial charge on any atom is 0.360 e. The number of rotatable bonds is 3. The van der Waals surface area contributed by atoms with Crippen LogP contribution >= 0.6 is 11.6 Å². The first kappa shape index (κ1) is 12.4. The van der Waals surface area contributed by atoms with Crippen molar-refractivity contribution in [2.24, 2.45) is 0 Å². The molecule has 0 spiro atoms. The summed E-state index contributed by atoms with van der Waals surface area (Å²) in [5.41, 5.74) is 5.91. The third-order valence-electron chi connectivity index (χ3n) is 2.23. The molecule has 0 aliphatic rings. The number of nitrogens with zero attached hydrogens (tertiary/aromatic N) is 3. The SMILES string of the molecule is CCOC(=O)c1ncn(-c2ccc(Cl)cn2)c1N. The molecule has 0 aromatic carbocycles. The van der Waals surface area contributed by atoms with Crippen LogP contribution in [0.4, 0.5) is 5.82 Å². The van der Waals surface area contributed by atoms with E-state index < -0.39 is 5.97 Å². The number of hydrogen-bond donors (Lipinski definition) is 1. The van der Waals surface area contributed by atoms with Gasteiger partial charge in [-0.15, -0.1) is 0 Å². The maximum absolute atomic E-state index is 11.5. The molecule has 0 radical (unpaired) electrons. The van der Waals surface area contributed by atoms with Gasteiger partial charge in [-0.25, -0.2) is 14.8 Å². The van der Waals surface area contributed by atoms with Crippen molar-refractivity contribution in [3.8, 4) is 5.82 Å². The van der Waals surface area contributed by atoms with Gasteiger partial charge < -0.3 is 10.5 Å². The van der Waals surface area contributed by atoms with Gasteiger partial charge in [0.1, 0.15) is 18.0 Å². The standard InChI is InChI=1S/C11H11ClN4O2/c1-2-18-11(17)9-10(13)16(6-15-9)8-4-3-7(12)5-14-8/h3-6H,2,13H2,1H3. The first-order valence-electron chi connectivity index (χ1n) is 5.25. The Balaban J connectivity index is 2.36. The van der Waals surface area contributed by atoms with Crippen LogP contribution in [0.3, 0.4) is 0 Å². The molecule has 0 aliphatic carbocycles. The van der Waals surface area contributed by atoms with Crippen molar-refractivity contribution in [1.29, 1.82) is 0 Å². The molecule has 0 amide bonds. The van der Waals surface area contributed by atoms with Gasteiger partial charge in [0, 0.05) is 6.20 Å². The monoisotopic (exact) mass is 266 g/mol. The number of pyridine rings is 1. The summed E-state index contributed by atoms with van der Waals surface area (Å²) in [4.78, 5) is 19.6. The molecular weight excluding hydrogens is 256 g/mol. The lowest BCUT2D eigenvalue weighted by Crippen LogP contribution is -2.09. The molecule has 0 atom stereocenters. The van der Waals surface area contributed by atoms with Crippen molar-refractivity contribution in [2.75, 3.05) is 12.3 Å². The molecule has 0 saturated carbocycles. The third kappa shape index (κ3) is 2.28. The number of anilines is 1. The lowest BCUT2D eigenvalue weighted by atomic mass is 10.4. The molecule has 2 N–H and O–H groups in total. The van der Waals surface area contributed by atoms with Gasteiger partial charge in [-0.3, -0.25) is 4.57 Å². The van der Waals surface area contributed by atoms with Gasteiger partial charge in [0.2, 0.25) is 0 Å². The molecule has 6 nitrogen and oxygen atoms in total. The van der Waals surface area contributed by atoms with Crippen LogP contribution in [0.2, 0.25) is 5.02 Å². The smallest absolute Gasteiger partial charge is 0.360 e. The highest BCUT2D eigenvalue weighted by molar-refractivity contribution is 6.30. The van der Waals surface area contributed by atoms with Gasteiger partial charge >= 0.3 is 5.97 Å². The minimum absolute atomic E-state index is 0.0774. The molecule has 0 aliphatic heterocycles. The predicted octanol–water partition coefficient (Wildman–Crippen LogP) is 1.68. The summed E-state index contributed by atoms with van der Waals surface area (Å²) in [7, 11) is 0. The summed E-state index contributed by atoms with van der Waals surface area (Å²) in [6.07, 6.45) is 2.90. The van der Waals surface area contributed by atoms with Crippen LogP contribution in [0, 0.1) is 0 Å². The molecule has 2 rings (SSSR count). The Morgan fingerprint density at radius 3 is 2.89 bits per heavy atom. The van der Waals surface area contributed by atoms with Gasteiger partial charge in [-0.05, 0) is 19.1 Å². The van der Waals surface area contributed by atoms with E-state index in [1.807, 2.05) is 0 Å². The first-order valence-corrected chi connectivity index (χ1v) is 5.63. The minimum atomic E-state index is -0.553. The molecule has 2 aromatic rings. The normalized spacial score (nSPS) is 10.3.